The highest BCUT2D eigenvalue weighted by atomic mass is 15.0. The number of nitrogens with one attached hydrogen (secondary N) is 1. The second kappa shape index (κ2) is 5.28. The van der Waals surface area contributed by atoms with Crippen LogP contribution >= 0.6 is 0 Å². The van der Waals surface area contributed by atoms with Crippen molar-refractivity contribution in [2.75, 3.05) is 0 Å². The molecule has 0 unspecified atom stereocenters. The van der Waals surface area contributed by atoms with Crippen LogP contribution in [-0.2, 0) is 0 Å². The van der Waals surface area contributed by atoms with Crippen LogP contribution in [0.1, 0.15) is 0 Å². The van der Waals surface area contributed by atoms with Gasteiger partial charge >= 0.3 is 0 Å². The molecule has 0 fully saturated rings. The maximum absolute atomic E-state index is 3.79. The Bertz CT molecular complexity index is 2240. The van der Waals surface area contributed by atoms with E-state index in [1.165, 1.54) is 76.5 Å². The van der Waals surface area contributed by atoms with Crippen molar-refractivity contribution in [2.45, 2.75) is 0 Å². The number of benzene rings is 5. The highest BCUT2D eigenvalue weighted by molar-refractivity contribution is 6.29. The molecule has 9 rings (SSSR count). The summed E-state index contributed by atoms with van der Waals surface area (Å²) < 4.78 is 4.98. The topological polar surface area (TPSA) is 24.6 Å². The number of hydrogen-bond donors (Lipinski definition) is 1. The number of nitrogens with zero attached hydrogens (tertiary/aromatic N) is 2. The van der Waals surface area contributed by atoms with E-state index in [2.05, 4.69) is 111 Å². The van der Waals surface area contributed by atoms with Gasteiger partial charge in [0.05, 0.1) is 38.6 Å². The van der Waals surface area contributed by atoms with Crippen LogP contribution in [-0.4, -0.2) is 13.8 Å². The van der Waals surface area contributed by atoms with E-state index in [9.17, 15) is 0 Å². The van der Waals surface area contributed by atoms with Crippen LogP contribution in [0.5, 0.6) is 0 Å². The zero-order chi connectivity index (χ0) is 21.3. The number of H-pyrrole nitrogens is 1. The fourth-order valence-corrected chi connectivity index (χ4v) is 6.29. The van der Waals surface area contributed by atoms with Gasteiger partial charge in [-0.25, -0.2) is 0 Å². The van der Waals surface area contributed by atoms with Crippen LogP contribution in [0.4, 0.5) is 0 Å². The maximum Gasteiger partial charge on any atom is 0.0954 e. The molecule has 0 aliphatic rings. The summed E-state index contributed by atoms with van der Waals surface area (Å²) in [5, 5.41) is 7.75. The van der Waals surface area contributed by atoms with Crippen molar-refractivity contribution < 1.29 is 0 Å². The lowest BCUT2D eigenvalue weighted by Gasteiger charge is -2.12. The Labute approximate surface area is 187 Å². The van der Waals surface area contributed by atoms with Crippen LogP contribution in [0.2, 0.25) is 0 Å². The van der Waals surface area contributed by atoms with Crippen molar-refractivity contribution in [2.24, 2.45) is 0 Å². The number of aromatic amines is 1. The van der Waals surface area contributed by atoms with Crippen LogP contribution in [0.3, 0.4) is 0 Å². The molecule has 0 aliphatic carbocycles. The monoisotopic (exact) mass is 419 g/mol. The Morgan fingerprint density at radius 1 is 0.424 bits per heavy atom. The molecule has 0 radical (unpaired) electrons. The van der Waals surface area contributed by atoms with Gasteiger partial charge in [0, 0.05) is 37.8 Å². The first-order valence-electron chi connectivity index (χ1n) is 11.4. The van der Waals surface area contributed by atoms with Gasteiger partial charge in [-0.15, -0.1) is 0 Å². The smallest absolute Gasteiger partial charge is 0.0954 e. The van der Waals surface area contributed by atoms with Crippen LogP contribution in [0, 0.1) is 0 Å². The summed E-state index contributed by atoms with van der Waals surface area (Å²) in [6.45, 7) is 0. The number of fused-ring (bicyclic) bond motifs is 12. The summed E-state index contributed by atoms with van der Waals surface area (Å²) in [6, 6.07) is 35.4. The normalized spacial score (nSPS) is 12.8. The molecule has 3 nitrogen and oxygen atoms in total. The van der Waals surface area contributed by atoms with Gasteiger partial charge in [0.1, 0.15) is 0 Å². The predicted molar refractivity (Wildman–Crippen MR) is 139 cm³/mol. The highest BCUT2D eigenvalue weighted by Gasteiger charge is 2.23. The van der Waals surface area contributed by atoms with E-state index < -0.39 is 0 Å². The molecule has 4 aromatic heterocycles. The van der Waals surface area contributed by atoms with Gasteiger partial charge < -0.3 is 13.8 Å². The summed E-state index contributed by atoms with van der Waals surface area (Å²) in [7, 11) is 0. The molecule has 0 saturated heterocycles. The summed E-state index contributed by atoms with van der Waals surface area (Å²) in [4.78, 5) is 3.79. The van der Waals surface area contributed by atoms with E-state index in [1.54, 1.807) is 0 Å². The maximum atomic E-state index is 3.79. The van der Waals surface area contributed by atoms with E-state index >= 15 is 0 Å². The second-order valence-corrected chi connectivity index (χ2v) is 9.09. The molecule has 0 amide bonds. The van der Waals surface area contributed by atoms with Crippen LogP contribution in [0.25, 0.3) is 76.5 Å². The molecule has 33 heavy (non-hydrogen) atoms. The predicted octanol–water partition coefficient (Wildman–Crippen LogP) is 7.88. The molecule has 0 bridgehead atoms. The van der Waals surface area contributed by atoms with E-state index in [1.807, 2.05) is 0 Å². The van der Waals surface area contributed by atoms with Crippen molar-refractivity contribution in [3.8, 4) is 0 Å². The van der Waals surface area contributed by atoms with E-state index in [0.29, 0.717) is 0 Å². The highest BCUT2D eigenvalue weighted by Crippen LogP contribution is 2.44. The fraction of sp³-hybridized carbons (Fsp3) is 0. The molecule has 9 aromatic rings. The Balaban J connectivity index is 1.79. The fourth-order valence-electron chi connectivity index (χ4n) is 6.29. The minimum atomic E-state index is 1.18. The van der Waals surface area contributed by atoms with E-state index in [4.69, 9.17) is 0 Å². The van der Waals surface area contributed by atoms with Crippen molar-refractivity contribution in [3.63, 3.8) is 0 Å². The average Bonchev–Trinajstić information content (AvgIpc) is 3.52. The minimum Gasteiger partial charge on any atom is -0.353 e. The van der Waals surface area contributed by atoms with Crippen molar-refractivity contribution in [1.29, 1.82) is 0 Å². The summed E-state index contributed by atoms with van der Waals surface area (Å²) in [5.41, 5.74) is 9.94. The van der Waals surface area contributed by atoms with E-state index in [0.717, 1.165) is 0 Å². The van der Waals surface area contributed by atoms with Crippen LogP contribution in [0.15, 0.2) is 97.1 Å². The van der Waals surface area contributed by atoms with E-state index in [-0.39, 0.29) is 0 Å². The Hall–Kier alpha value is -4.50. The lowest BCUT2D eigenvalue weighted by Crippen LogP contribution is -1.97. The molecule has 0 saturated carbocycles. The molecular formula is C30H17N3. The standard InChI is InChI=1S/C30H17N3/c1-4-12-23-17(8-1)21-16-22-19-10-3-5-13-24(19)32-26-15-7-11-20-18-9-2-6-14-25(18)33(28(20)26)30(29(22)32)27(21)31-23/h1-16,31H. The van der Waals surface area contributed by atoms with Crippen molar-refractivity contribution in [3.05, 3.63) is 97.1 Å². The van der Waals surface area contributed by atoms with Crippen molar-refractivity contribution in [1.82, 2.24) is 13.8 Å². The lowest BCUT2D eigenvalue weighted by atomic mass is 10.1. The third kappa shape index (κ3) is 1.70. The third-order valence-electron chi connectivity index (χ3n) is 7.55. The lowest BCUT2D eigenvalue weighted by molar-refractivity contribution is 1.26. The molecule has 152 valence electrons. The molecule has 3 heteroatoms. The first-order chi connectivity index (χ1) is 16.4. The Morgan fingerprint density at radius 3 is 1.91 bits per heavy atom. The summed E-state index contributed by atoms with van der Waals surface area (Å²) in [6.07, 6.45) is 0. The second-order valence-electron chi connectivity index (χ2n) is 9.09. The molecule has 0 aliphatic heterocycles. The van der Waals surface area contributed by atoms with Gasteiger partial charge in [-0.1, -0.05) is 66.7 Å². The van der Waals surface area contributed by atoms with Gasteiger partial charge in [-0.3, -0.25) is 0 Å². The number of hydrogen-bond acceptors (Lipinski definition) is 0. The largest absolute Gasteiger partial charge is 0.353 e. The van der Waals surface area contributed by atoms with Gasteiger partial charge in [0.2, 0.25) is 0 Å². The van der Waals surface area contributed by atoms with Gasteiger partial charge in [0.15, 0.2) is 0 Å². The van der Waals surface area contributed by atoms with Gasteiger partial charge in [-0.2, -0.15) is 0 Å². The molecule has 1 N–H and O–H groups in total. The number of para-hydroxylation sites is 4. The molecule has 0 spiro atoms. The van der Waals surface area contributed by atoms with Crippen molar-refractivity contribution >= 4 is 76.5 Å². The first kappa shape index (κ1) is 16.2. The molecule has 0 atom stereocenters. The molecular weight excluding hydrogens is 402 g/mol. The quantitative estimate of drug-likeness (QED) is 0.242. The molecule has 5 aromatic carbocycles. The SMILES string of the molecule is c1ccc2c(c1)[nH]c1c2cc2c3ccccc3n3c4cccc5c6ccccc6n(c54)c1c23. The van der Waals surface area contributed by atoms with Gasteiger partial charge in [0.25, 0.3) is 0 Å². The zero-order valence-corrected chi connectivity index (χ0v) is 17.6. The average molecular weight is 419 g/mol. The van der Waals surface area contributed by atoms with Gasteiger partial charge in [-0.05, 0) is 30.3 Å². The minimum absolute atomic E-state index is 1.18. The number of aromatic nitrogens is 3. The zero-order valence-electron chi connectivity index (χ0n) is 17.6. The van der Waals surface area contributed by atoms with Crippen LogP contribution < -0.4 is 0 Å². The first-order valence-corrected chi connectivity index (χ1v) is 11.4. The summed E-state index contributed by atoms with van der Waals surface area (Å²) in [5.74, 6) is 0. The molecule has 4 heterocycles. The Kier molecular flexibility index (Phi) is 2.59. The number of rotatable bonds is 0. The third-order valence-corrected chi connectivity index (χ3v) is 7.55. The Morgan fingerprint density at radius 2 is 1.06 bits per heavy atom. The summed E-state index contributed by atoms with van der Waals surface area (Å²) >= 11 is 0.